The highest BCUT2D eigenvalue weighted by Gasteiger charge is 2.38. The normalized spacial score (nSPS) is 17.0. The van der Waals surface area contributed by atoms with Gasteiger partial charge in [0.1, 0.15) is 17.4 Å². The molecular weight excluding hydrogens is 440 g/mol. The van der Waals surface area contributed by atoms with E-state index < -0.39 is 23.7 Å². The molecule has 0 aliphatic carbocycles. The van der Waals surface area contributed by atoms with Gasteiger partial charge in [0, 0.05) is 24.2 Å². The van der Waals surface area contributed by atoms with E-state index in [1.165, 1.54) is 4.90 Å². The molecule has 1 unspecified atom stereocenters. The summed E-state index contributed by atoms with van der Waals surface area (Å²) in [7, 11) is 0. The number of amidine groups is 1. The van der Waals surface area contributed by atoms with Crippen LogP contribution in [0.4, 0.5) is 20.2 Å². The minimum atomic E-state index is -0.752. The van der Waals surface area contributed by atoms with Crippen molar-refractivity contribution in [2.75, 3.05) is 22.6 Å². The van der Waals surface area contributed by atoms with Crippen LogP contribution in [0.5, 0.6) is 5.75 Å². The first kappa shape index (κ1) is 21.6. The number of nitrogens with zero attached hydrogens (tertiary/aromatic N) is 3. The minimum Gasteiger partial charge on any atom is -0.494 e. The van der Waals surface area contributed by atoms with Crippen LogP contribution in [0.15, 0.2) is 60.0 Å². The highest BCUT2D eigenvalue weighted by Crippen LogP contribution is 2.27. The predicted molar refractivity (Wildman–Crippen MR) is 118 cm³/mol. The van der Waals surface area contributed by atoms with Gasteiger partial charge in [-0.15, -0.1) is 0 Å². The van der Waals surface area contributed by atoms with Gasteiger partial charge in [-0.05, 0) is 43.3 Å². The summed E-state index contributed by atoms with van der Waals surface area (Å²) in [5, 5.41) is 6.86. The van der Waals surface area contributed by atoms with Crippen LogP contribution in [0.2, 0.25) is 0 Å². The molecule has 1 atom stereocenters. The largest absolute Gasteiger partial charge is 0.494 e. The first-order valence-electron chi connectivity index (χ1n) is 9.70. The Kier molecular flexibility index (Phi) is 6.26. The smallest absolute Gasteiger partial charge is 0.276 e. The zero-order chi connectivity index (χ0) is 22.7. The second-order valence-corrected chi connectivity index (χ2v) is 7.67. The molecule has 0 fully saturated rings. The van der Waals surface area contributed by atoms with Crippen molar-refractivity contribution in [2.24, 2.45) is 5.10 Å². The van der Waals surface area contributed by atoms with Gasteiger partial charge in [0.05, 0.1) is 18.0 Å². The zero-order valence-electron chi connectivity index (χ0n) is 16.9. The van der Waals surface area contributed by atoms with Crippen LogP contribution < -0.4 is 20.4 Å². The van der Waals surface area contributed by atoms with E-state index in [-0.39, 0.29) is 17.3 Å². The topological polar surface area (TPSA) is 86.3 Å². The number of halogens is 2. The van der Waals surface area contributed by atoms with E-state index in [4.69, 9.17) is 4.74 Å². The second kappa shape index (κ2) is 9.27. The number of hydrogen-bond acceptors (Lipinski definition) is 7. The Morgan fingerprint density at radius 1 is 1.22 bits per heavy atom. The van der Waals surface area contributed by atoms with Gasteiger partial charge in [-0.3, -0.25) is 24.8 Å². The molecule has 4 rings (SSSR count). The van der Waals surface area contributed by atoms with E-state index in [0.717, 1.165) is 30.0 Å². The summed E-state index contributed by atoms with van der Waals surface area (Å²) in [6.45, 7) is 2.44. The molecule has 2 amide bonds. The van der Waals surface area contributed by atoms with Crippen LogP contribution in [-0.2, 0) is 9.59 Å². The van der Waals surface area contributed by atoms with Crippen LogP contribution in [0.1, 0.15) is 6.92 Å². The van der Waals surface area contributed by atoms with Crippen molar-refractivity contribution < 1.29 is 23.1 Å². The molecule has 0 radical (unpaired) electrons. The number of anilines is 2. The van der Waals surface area contributed by atoms with E-state index >= 15 is 0 Å². The molecule has 2 aliphatic heterocycles. The highest BCUT2D eigenvalue weighted by atomic mass is 32.2. The van der Waals surface area contributed by atoms with Gasteiger partial charge in [0.15, 0.2) is 5.17 Å². The highest BCUT2D eigenvalue weighted by molar-refractivity contribution is 8.14. The Hall–Kier alpha value is -3.60. The number of fused-ring (bicyclic) bond motifs is 1. The lowest BCUT2D eigenvalue weighted by molar-refractivity contribution is -0.122. The lowest BCUT2D eigenvalue weighted by Crippen LogP contribution is -2.52. The van der Waals surface area contributed by atoms with Crippen molar-refractivity contribution in [2.45, 2.75) is 13.1 Å². The number of carbonyl (C=O) groups excluding carboxylic acids is 2. The van der Waals surface area contributed by atoms with Crippen molar-refractivity contribution in [1.29, 1.82) is 0 Å². The van der Waals surface area contributed by atoms with Crippen molar-refractivity contribution in [3.8, 4) is 5.75 Å². The molecular formula is C21H19F2N5O3S. The van der Waals surface area contributed by atoms with Gasteiger partial charge >= 0.3 is 0 Å². The van der Waals surface area contributed by atoms with E-state index in [1.807, 2.05) is 6.92 Å². The van der Waals surface area contributed by atoms with E-state index in [2.05, 4.69) is 15.8 Å². The predicted octanol–water partition coefficient (Wildman–Crippen LogP) is 3.06. The van der Waals surface area contributed by atoms with Crippen molar-refractivity contribution in [3.05, 3.63) is 66.5 Å². The van der Waals surface area contributed by atoms with Crippen LogP contribution in [0.3, 0.4) is 0 Å². The molecule has 2 aliphatic rings. The number of nitrogens with one attached hydrogen (secondary N) is 2. The fraction of sp³-hybridized carbons (Fsp3) is 0.190. The van der Waals surface area contributed by atoms with Crippen molar-refractivity contribution in [1.82, 2.24) is 10.3 Å². The molecule has 8 nitrogen and oxygen atoms in total. The van der Waals surface area contributed by atoms with E-state index in [1.54, 1.807) is 41.6 Å². The van der Waals surface area contributed by atoms with Gasteiger partial charge < -0.3 is 10.1 Å². The third-order valence-corrected chi connectivity index (χ3v) is 5.56. The lowest BCUT2D eigenvalue weighted by atomic mass is 10.2. The summed E-state index contributed by atoms with van der Waals surface area (Å²) in [5.74, 6) is -1.57. The Bertz CT molecular complexity index is 1090. The monoisotopic (exact) mass is 459 g/mol. The quantitative estimate of drug-likeness (QED) is 0.691. The maximum absolute atomic E-state index is 13.7. The molecule has 0 aromatic heterocycles. The number of hydrogen-bond donors (Lipinski definition) is 2. The molecule has 2 aromatic carbocycles. The fourth-order valence-electron chi connectivity index (χ4n) is 3.11. The average molecular weight is 459 g/mol. The number of carbonyl (C=O) groups is 2. The Morgan fingerprint density at radius 2 is 2.00 bits per heavy atom. The molecule has 0 saturated carbocycles. The summed E-state index contributed by atoms with van der Waals surface area (Å²) >= 11 is 1.06. The first-order chi connectivity index (χ1) is 15.5. The molecule has 0 spiro atoms. The minimum absolute atomic E-state index is 0.107. The number of ether oxygens (including phenoxy) is 1. The van der Waals surface area contributed by atoms with Gasteiger partial charge in [-0.2, -0.15) is 5.10 Å². The first-order valence-corrected chi connectivity index (χ1v) is 10.7. The fourth-order valence-corrected chi connectivity index (χ4v) is 3.88. The van der Waals surface area contributed by atoms with Gasteiger partial charge in [0.25, 0.3) is 5.91 Å². The zero-order valence-corrected chi connectivity index (χ0v) is 17.7. The van der Waals surface area contributed by atoms with Crippen molar-refractivity contribution in [3.63, 3.8) is 0 Å². The third-order valence-electron chi connectivity index (χ3n) is 4.59. The summed E-state index contributed by atoms with van der Waals surface area (Å²) in [6, 6.07) is 9.94. The third kappa shape index (κ3) is 4.52. The molecule has 166 valence electrons. The number of benzene rings is 2. The van der Waals surface area contributed by atoms with Gasteiger partial charge in [-0.25, -0.2) is 8.78 Å². The number of thioether (sulfide) groups is 1. The molecule has 2 N–H and O–H groups in total. The van der Waals surface area contributed by atoms with Crippen molar-refractivity contribution >= 4 is 40.1 Å². The summed E-state index contributed by atoms with van der Waals surface area (Å²) in [4.78, 5) is 28.2. The lowest BCUT2D eigenvalue weighted by Gasteiger charge is -2.31. The molecule has 2 heterocycles. The van der Waals surface area contributed by atoms with Gasteiger partial charge in [-0.1, -0.05) is 11.8 Å². The molecule has 32 heavy (non-hydrogen) atoms. The van der Waals surface area contributed by atoms with Crippen LogP contribution in [0, 0.1) is 11.6 Å². The standard InChI is InChI=1S/C21H19F2N5O3S/c1-2-31-15-6-4-14(5-7-15)27-9-10-28-19(20(27)30)25-26-21(28)32-12-18(29)24-17-11-13(22)3-8-16(17)23/h3-11,19,25H,2,12H2,1H3,(H,24,29). The SMILES string of the molecule is CCOc1ccc(N2C=CN3C(SCC(=O)Nc4cc(F)ccc4F)=NNC3C2=O)cc1. The summed E-state index contributed by atoms with van der Waals surface area (Å²) in [6.07, 6.45) is 2.54. The van der Waals surface area contributed by atoms with E-state index in [0.29, 0.717) is 23.2 Å². The Labute approximate surface area is 186 Å². The van der Waals surface area contributed by atoms with Crippen LogP contribution in [0.25, 0.3) is 0 Å². The Morgan fingerprint density at radius 3 is 2.75 bits per heavy atom. The Balaban J connectivity index is 1.37. The summed E-state index contributed by atoms with van der Waals surface area (Å²) in [5.41, 5.74) is 3.20. The molecule has 2 aromatic rings. The maximum Gasteiger partial charge on any atom is 0.276 e. The molecule has 11 heteroatoms. The molecule has 0 saturated heterocycles. The summed E-state index contributed by atoms with van der Waals surface area (Å²) < 4.78 is 32.4. The average Bonchev–Trinajstić information content (AvgIpc) is 3.20. The number of rotatable bonds is 6. The maximum atomic E-state index is 13.7. The number of amides is 2. The molecule has 0 bridgehead atoms. The number of hydrazone groups is 1. The van der Waals surface area contributed by atoms with Crippen LogP contribution in [-0.4, -0.2) is 40.4 Å². The van der Waals surface area contributed by atoms with Gasteiger partial charge in [0.2, 0.25) is 12.1 Å². The van der Waals surface area contributed by atoms with E-state index in [9.17, 15) is 18.4 Å². The van der Waals surface area contributed by atoms with Crippen LogP contribution >= 0.6 is 11.8 Å². The second-order valence-electron chi connectivity index (χ2n) is 6.73.